The molecule has 0 saturated carbocycles. The summed E-state index contributed by atoms with van der Waals surface area (Å²) in [6.45, 7) is -0.573. The summed E-state index contributed by atoms with van der Waals surface area (Å²) in [5.74, 6) is 0.592. The molecule has 0 amide bonds. The molecule has 130 valence electrons. The van der Waals surface area contributed by atoms with Crippen molar-refractivity contribution in [2.75, 3.05) is 0 Å². The van der Waals surface area contributed by atoms with Gasteiger partial charge in [-0.25, -0.2) is 14.6 Å². The number of nitrogens with zero attached hydrogens (tertiary/aromatic N) is 4. The molecule has 3 rings (SSSR count). The van der Waals surface area contributed by atoms with E-state index in [1.165, 1.54) is 6.20 Å². The van der Waals surface area contributed by atoms with Crippen LogP contribution in [-0.4, -0.2) is 26.4 Å². The number of rotatable bonds is 6. The highest BCUT2D eigenvalue weighted by Crippen LogP contribution is 2.31. The molecule has 2 heterocycles. The normalized spacial score (nSPS) is 11.1. The van der Waals surface area contributed by atoms with Gasteiger partial charge in [0.2, 0.25) is 5.88 Å². The Bertz CT molecular complexity index is 869. The van der Waals surface area contributed by atoms with E-state index >= 15 is 0 Å². The van der Waals surface area contributed by atoms with Crippen molar-refractivity contribution in [2.45, 2.75) is 26.5 Å². The van der Waals surface area contributed by atoms with Gasteiger partial charge in [0.1, 0.15) is 12.2 Å². The van der Waals surface area contributed by atoms with E-state index in [4.69, 9.17) is 11.6 Å². The summed E-state index contributed by atoms with van der Waals surface area (Å²) in [6, 6.07) is 8.61. The van der Waals surface area contributed by atoms with E-state index in [1.807, 2.05) is 6.92 Å². The lowest BCUT2D eigenvalue weighted by Crippen LogP contribution is -2.07. The Balaban J connectivity index is 1.97. The summed E-state index contributed by atoms with van der Waals surface area (Å²) in [5, 5.41) is 4.81. The van der Waals surface area contributed by atoms with E-state index in [1.54, 1.807) is 41.3 Å². The number of pyridine rings is 1. The largest absolute Gasteiger partial charge is 0.416 e. The minimum absolute atomic E-state index is 0.145. The molecule has 25 heavy (non-hydrogen) atoms. The maximum Gasteiger partial charge on any atom is 0.388 e. The van der Waals surface area contributed by atoms with Gasteiger partial charge >= 0.3 is 6.61 Å². The zero-order chi connectivity index (χ0) is 17.8. The van der Waals surface area contributed by atoms with Gasteiger partial charge in [-0.1, -0.05) is 30.7 Å². The van der Waals surface area contributed by atoms with Gasteiger partial charge in [-0.15, -0.1) is 0 Å². The molecule has 0 aliphatic carbocycles. The highest BCUT2D eigenvalue weighted by molar-refractivity contribution is 6.30. The Morgan fingerprint density at radius 1 is 1.24 bits per heavy atom. The molecule has 2 aromatic heterocycles. The number of aryl methyl sites for hydroxylation is 1. The Labute approximate surface area is 148 Å². The minimum Gasteiger partial charge on any atom is -0.416 e. The fraction of sp³-hybridized carbons (Fsp3) is 0.235. The third-order valence-electron chi connectivity index (χ3n) is 3.49. The second kappa shape index (κ2) is 7.57. The molecule has 0 aliphatic rings. The van der Waals surface area contributed by atoms with Crippen LogP contribution in [0.4, 0.5) is 8.78 Å². The van der Waals surface area contributed by atoms with Gasteiger partial charge < -0.3 is 4.74 Å². The highest BCUT2D eigenvalue weighted by Gasteiger charge is 2.14. The van der Waals surface area contributed by atoms with Crippen LogP contribution in [-0.2, 0) is 13.0 Å². The number of ether oxygens (including phenoxy) is 1. The molecular formula is C17H15ClF2N4O. The van der Waals surface area contributed by atoms with Crippen molar-refractivity contribution < 1.29 is 13.5 Å². The van der Waals surface area contributed by atoms with Crippen molar-refractivity contribution in [3.05, 3.63) is 59.3 Å². The molecule has 0 saturated heterocycles. The van der Waals surface area contributed by atoms with Crippen LogP contribution in [0.3, 0.4) is 0 Å². The van der Waals surface area contributed by atoms with Gasteiger partial charge in [-0.05, 0) is 29.3 Å². The van der Waals surface area contributed by atoms with Gasteiger partial charge in [0.15, 0.2) is 0 Å². The summed E-state index contributed by atoms with van der Waals surface area (Å²) in [4.78, 5) is 8.21. The second-order valence-corrected chi connectivity index (χ2v) is 5.73. The number of aromatic nitrogens is 4. The SMILES string of the molecule is CCc1ncn(Cc2cnc(OC(F)F)c(-c3cccc(Cl)c3)c2)n1. The summed E-state index contributed by atoms with van der Waals surface area (Å²) in [5.41, 5.74) is 1.87. The average Bonchev–Trinajstić information content (AvgIpc) is 3.03. The Morgan fingerprint density at radius 2 is 2.08 bits per heavy atom. The zero-order valence-electron chi connectivity index (χ0n) is 13.4. The highest BCUT2D eigenvalue weighted by atomic mass is 35.5. The lowest BCUT2D eigenvalue weighted by molar-refractivity contribution is -0.0524. The van der Waals surface area contributed by atoms with Crippen LogP contribution in [0.25, 0.3) is 11.1 Å². The van der Waals surface area contributed by atoms with Crippen molar-refractivity contribution in [3.8, 4) is 17.0 Å². The van der Waals surface area contributed by atoms with Crippen LogP contribution in [0.15, 0.2) is 42.9 Å². The van der Waals surface area contributed by atoms with Crippen LogP contribution in [0.2, 0.25) is 5.02 Å². The molecule has 0 spiro atoms. The van der Waals surface area contributed by atoms with E-state index in [-0.39, 0.29) is 5.88 Å². The maximum atomic E-state index is 12.7. The summed E-state index contributed by atoms with van der Waals surface area (Å²) < 4.78 is 31.6. The van der Waals surface area contributed by atoms with E-state index in [0.29, 0.717) is 22.7 Å². The Morgan fingerprint density at radius 3 is 2.76 bits per heavy atom. The molecule has 5 nitrogen and oxygen atoms in total. The van der Waals surface area contributed by atoms with Crippen LogP contribution >= 0.6 is 11.6 Å². The first kappa shape index (κ1) is 17.3. The monoisotopic (exact) mass is 364 g/mol. The molecule has 3 aromatic rings. The van der Waals surface area contributed by atoms with Gasteiger partial charge in [-0.2, -0.15) is 13.9 Å². The molecule has 0 aliphatic heterocycles. The molecule has 0 unspecified atom stereocenters. The Hall–Kier alpha value is -2.54. The molecule has 0 N–H and O–H groups in total. The van der Waals surface area contributed by atoms with Crippen molar-refractivity contribution in [2.24, 2.45) is 0 Å². The molecular weight excluding hydrogens is 350 g/mol. The molecule has 1 aromatic carbocycles. The summed E-state index contributed by atoms with van der Waals surface area (Å²) >= 11 is 6.01. The predicted octanol–water partition coefficient (Wildman–Crippen LogP) is 4.21. The first-order chi connectivity index (χ1) is 12.0. The molecule has 0 fully saturated rings. The summed E-state index contributed by atoms with van der Waals surface area (Å²) in [6.07, 6.45) is 3.85. The molecule has 0 radical (unpaired) electrons. The van der Waals surface area contributed by atoms with Crippen molar-refractivity contribution in [3.63, 3.8) is 0 Å². The number of benzene rings is 1. The van der Waals surface area contributed by atoms with Gasteiger partial charge in [0, 0.05) is 23.2 Å². The number of hydrogen-bond acceptors (Lipinski definition) is 4. The fourth-order valence-electron chi connectivity index (χ4n) is 2.38. The third kappa shape index (κ3) is 4.30. The van der Waals surface area contributed by atoms with Crippen molar-refractivity contribution in [1.82, 2.24) is 19.7 Å². The van der Waals surface area contributed by atoms with E-state index < -0.39 is 6.61 Å². The number of hydrogen-bond donors (Lipinski definition) is 0. The van der Waals surface area contributed by atoms with Crippen molar-refractivity contribution >= 4 is 11.6 Å². The molecule has 8 heteroatoms. The third-order valence-corrected chi connectivity index (χ3v) is 3.72. The Kier molecular flexibility index (Phi) is 5.23. The summed E-state index contributed by atoms with van der Waals surface area (Å²) in [7, 11) is 0. The van der Waals surface area contributed by atoms with Gasteiger partial charge in [0.25, 0.3) is 0 Å². The van der Waals surface area contributed by atoms with E-state index in [9.17, 15) is 8.78 Å². The van der Waals surface area contributed by atoms with E-state index in [2.05, 4.69) is 19.8 Å². The first-order valence-corrected chi connectivity index (χ1v) is 8.01. The van der Waals surface area contributed by atoms with Gasteiger partial charge in [0.05, 0.1) is 6.54 Å². The molecule has 0 atom stereocenters. The lowest BCUT2D eigenvalue weighted by Gasteiger charge is -2.12. The lowest BCUT2D eigenvalue weighted by atomic mass is 10.1. The van der Waals surface area contributed by atoms with Crippen molar-refractivity contribution in [1.29, 1.82) is 0 Å². The standard InChI is InChI=1S/C17H15ClF2N4O/c1-2-15-22-10-24(23-15)9-11-6-14(12-4-3-5-13(18)7-12)16(21-8-11)25-17(19)20/h3-8,10,17H,2,9H2,1H3. The quantitative estimate of drug-likeness (QED) is 0.657. The van der Waals surface area contributed by atoms with E-state index in [0.717, 1.165) is 17.8 Å². The average molecular weight is 365 g/mol. The maximum absolute atomic E-state index is 12.7. The predicted molar refractivity (Wildman–Crippen MR) is 89.8 cm³/mol. The van der Waals surface area contributed by atoms with Crippen LogP contribution in [0.5, 0.6) is 5.88 Å². The van der Waals surface area contributed by atoms with Crippen LogP contribution in [0.1, 0.15) is 18.3 Å². The zero-order valence-corrected chi connectivity index (χ0v) is 14.1. The number of alkyl halides is 2. The first-order valence-electron chi connectivity index (χ1n) is 7.63. The topological polar surface area (TPSA) is 52.8 Å². The minimum atomic E-state index is -2.96. The molecule has 0 bridgehead atoms. The number of halogens is 3. The smallest absolute Gasteiger partial charge is 0.388 e. The fourth-order valence-corrected chi connectivity index (χ4v) is 2.57. The second-order valence-electron chi connectivity index (χ2n) is 5.30. The van der Waals surface area contributed by atoms with Crippen LogP contribution < -0.4 is 4.74 Å². The van der Waals surface area contributed by atoms with Gasteiger partial charge in [-0.3, -0.25) is 0 Å². The van der Waals surface area contributed by atoms with Crippen LogP contribution in [0, 0.1) is 0 Å².